The van der Waals surface area contributed by atoms with Gasteiger partial charge in [0, 0.05) is 47.9 Å². The van der Waals surface area contributed by atoms with Crippen LogP contribution in [0.25, 0.3) is 22.3 Å². The summed E-state index contributed by atoms with van der Waals surface area (Å²) in [5, 5.41) is 14.9. The number of carbonyl (C=O) groups is 3. The minimum Gasteiger partial charge on any atom is -0.458 e. The molecule has 3 aromatic heterocycles. The Balaban J connectivity index is 1.25. The Morgan fingerprint density at radius 1 is 1.27 bits per heavy atom. The van der Waals surface area contributed by atoms with Gasteiger partial charge in [0.15, 0.2) is 12.2 Å². The third-order valence-electron chi connectivity index (χ3n) is 9.72. The molecule has 2 atom stereocenters. The zero-order chi connectivity index (χ0) is 34.1. The molecular formula is C34H33FN6O7. The molecule has 0 unspecified atom stereocenters. The summed E-state index contributed by atoms with van der Waals surface area (Å²) in [5.41, 5.74) is 8.01. The van der Waals surface area contributed by atoms with Crippen molar-refractivity contribution in [3.63, 3.8) is 0 Å². The largest absolute Gasteiger partial charge is 0.458 e. The molecule has 2 amide bonds. The van der Waals surface area contributed by atoms with Crippen LogP contribution in [0, 0.1) is 12.7 Å². The summed E-state index contributed by atoms with van der Waals surface area (Å²) in [6.45, 7) is 2.72. The van der Waals surface area contributed by atoms with Gasteiger partial charge in [-0.2, -0.15) is 0 Å². The minimum atomic E-state index is -2.00. The number of benzene rings is 1. The van der Waals surface area contributed by atoms with Crippen molar-refractivity contribution in [3.8, 4) is 11.4 Å². The molecule has 2 aliphatic heterocycles. The fourth-order valence-corrected chi connectivity index (χ4v) is 7.14. The van der Waals surface area contributed by atoms with Crippen molar-refractivity contribution in [2.45, 2.75) is 64.4 Å². The van der Waals surface area contributed by atoms with E-state index in [0.29, 0.717) is 63.2 Å². The van der Waals surface area contributed by atoms with Crippen LogP contribution in [0.1, 0.15) is 64.8 Å². The van der Waals surface area contributed by atoms with Crippen molar-refractivity contribution in [1.29, 1.82) is 0 Å². The molecule has 0 radical (unpaired) electrons. The summed E-state index contributed by atoms with van der Waals surface area (Å²) < 4.78 is 27.2. The van der Waals surface area contributed by atoms with Gasteiger partial charge < -0.3 is 30.2 Å². The molecule has 14 heteroatoms. The van der Waals surface area contributed by atoms with Crippen molar-refractivity contribution in [3.05, 3.63) is 85.6 Å². The number of halogens is 1. The molecular weight excluding hydrogens is 623 g/mol. The quantitative estimate of drug-likeness (QED) is 0.230. The van der Waals surface area contributed by atoms with Crippen molar-refractivity contribution < 1.29 is 33.4 Å². The number of aliphatic hydroxyl groups is 1. The number of pyridine rings is 3. The molecule has 0 saturated heterocycles. The fraction of sp³-hybridized carbons (Fsp3) is 0.353. The molecule has 248 valence electrons. The van der Waals surface area contributed by atoms with Gasteiger partial charge in [0.25, 0.3) is 11.5 Å². The number of aryl methyl sites for hydroxylation is 1. The summed E-state index contributed by atoms with van der Waals surface area (Å²) in [4.78, 5) is 62.7. The third-order valence-corrected chi connectivity index (χ3v) is 9.72. The molecule has 0 spiro atoms. The van der Waals surface area contributed by atoms with E-state index < -0.39 is 47.6 Å². The second-order valence-electron chi connectivity index (χ2n) is 12.3. The normalized spacial score (nSPS) is 18.9. The van der Waals surface area contributed by atoms with E-state index in [9.17, 15) is 24.3 Å². The first kappa shape index (κ1) is 31.4. The lowest BCUT2D eigenvalue weighted by Crippen LogP contribution is -2.44. The predicted molar refractivity (Wildman–Crippen MR) is 170 cm³/mol. The molecule has 1 aromatic carbocycles. The fourth-order valence-electron chi connectivity index (χ4n) is 7.14. The Hall–Kier alpha value is -5.21. The number of rotatable bonds is 6. The van der Waals surface area contributed by atoms with Gasteiger partial charge in [-0.15, -0.1) is 0 Å². The summed E-state index contributed by atoms with van der Waals surface area (Å²) in [6, 6.07) is 5.79. The van der Waals surface area contributed by atoms with Crippen LogP contribution < -0.4 is 21.5 Å². The topological polar surface area (TPSA) is 179 Å². The average Bonchev–Trinajstić information content (AvgIpc) is 3.46. The maximum atomic E-state index is 15.2. The zero-order valence-electron chi connectivity index (χ0n) is 26.6. The highest BCUT2D eigenvalue weighted by Crippen LogP contribution is 2.46. The van der Waals surface area contributed by atoms with E-state index in [1.54, 1.807) is 32.0 Å². The van der Waals surface area contributed by atoms with E-state index in [2.05, 4.69) is 10.3 Å². The van der Waals surface area contributed by atoms with E-state index in [-0.39, 0.29) is 37.2 Å². The number of cyclic esters (lactones) is 1. The van der Waals surface area contributed by atoms with Crippen LogP contribution in [-0.4, -0.2) is 51.3 Å². The van der Waals surface area contributed by atoms with Crippen LogP contribution in [0.2, 0.25) is 0 Å². The third kappa shape index (κ3) is 4.65. The first-order chi connectivity index (χ1) is 23.0. The highest BCUT2D eigenvalue weighted by atomic mass is 19.1. The van der Waals surface area contributed by atoms with Crippen LogP contribution in [0.4, 0.5) is 15.0 Å². The van der Waals surface area contributed by atoms with Crippen LogP contribution in [0.5, 0.6) is 0 Å². The second kappa shape index (κ2) is 11.5. The molecule has 0 saturated carbocycles. The second-order valence-corrected chi connectivity index (χ2v) is 12.3. The summed E-state index contributed by atoms with van der Waals surface area (Å²) in [7, 11) is 1.47. The van der Waals surface area contributed by atoms with Gasteiger partial charge >= 0.3 is 12.1 Å². The number of nitrogens with zero attached hydrogens (tertiary/aromatic N) is 4. The van der Waals surface area contributed by atoms with Crippen LogP contribution in [0.3, 0.4) is 0 Å². The number of aromatic nitrogens is 3. The summed E-state index contributed by atoms with van der Waals surface area (Å²) >= 11 is 0. The Labute approximate surface area is 273 Å². The van der Waals surface area contributed by atoms with Crippen molar-refractivity contribution in [2.24, 2.45) is 5.73 Å². The molecule has 4 aromatic rings. The van der Waals surface area contributed by atoms with Gasteiger partial charge in [0.2, 0.25) is 0 Å². The highest BCUT2D eigenvalue weighted by Gasteiger charge is 2.46. The number of nitrogens with two attached hydrogens (primary N) is 1. The Morgan fingerprint density at radius 3 is 2.81 bits per heavy atom. The number of ether oxygens (including phenoxy) is 2. The first-order valence-electron chi connectivity index (χ1n) is 15.6. The van der Waals surface area contributed by atoms with Crippen LogP contribution >= 0.6 is 0 Å². The van der Waals surface area contributed by atoms with Crippen molar-refractivity contribution >= 4 is 34.7 Å². The number of hydrogen-bond acceptors (Lipinski definition) is 10. The van der Waals surface area contributed by atoms with Crippen molar-refractivity contribution in [1.82, 2.24) is 19.9 Å². The van der Waals surface area contributed by atoms with Gasteiger partial charge in [-0.3, -0.25) is 14.5 Å². The molecule has 48 heavy (non-hydrogen) atoms. The van der Waals surface area contributed by atoms with Crippen LogP contribution in [-0.2, 0) is 50.8 Å². The number of esters is 1. The average molecular weight is 657 g/mol. The number of nitrogens with one attached hydrogen (secondary N) is 1. The Morgan fingerprint density at radius 2 is 2.06 bits per heavy atom. The standard InChI is InChI=1S/C34H33FN6O7/c1-4-34(46)21-10-25-29-19(13-41(25)31(43)20(21)14-47-32(34)44)28-23(8-7-18-16(2)22(35)11-24(39-29)27(18)28)38-26(42)15-48-33(45)40(3)30-17(12-36)6-5-9-37-30/h5-6,9-11,23,46H,4,7-8,12-15,36H2,1-3H3,(H,38,42)/t23-,34-/m0/s1. The van der Waals surface area contributed by atoms with E-state index >= 15 is 4.39 Å². The van der Waals surface area contributed by atoms with Gasteiger partial charge in [-0.1, -0.05) is 13.0 Å². The summed E-state index contributed by atoms with van der Waals surface area (Å²) in [5.74, 6) is -1.51. The van der Waals surface area contributed by atoms with Crippen molar-refractivity contribution in [2.75, 3.05) is 18.6 Å². The number of anilines is 1. The molecule has 4 N–H and O–H groups in total. The van der Waals surface area contributed by atoms with Crippen LogP contribution in [0.15, 0.2) is 35.3 Å². The molecule has 1 aliphatic carbocycles. The van der Waals surface area contributed by atoms with E-state index in [4.69, 9.17) is 20.2 Å². The van der Waals surface area contributed by atoms with E-state index in [0.717, 1.165) is 5.56 Å². The monoisotopic (exact) mass is 656 g/mol. The number of carbonyl (C=O) groups excluding carboxylic acids is 3. The molecule has 7 rings (SSSR count). The molecule has 5 heterocycles. The number of hydrogen-bond donors (Lipinski definition) is 3. The number of amides is 2. The minimum absolute atomic E-state index is 0.0106. The van der Waals surface area contributed by atoms with Gasteiger partial charge in [-0.05, 0) is 55.0 Å². The van der Waals surface area contributed by atoms with Gasteiger partial charge in [-0.25, -0.2) is 23.9 Å². The molecule has 13 nitrogen and oxygen atoms in total. The Bertz CT molecular complexity index is 2130. The molecule has 0 fully saturated rings. The lowest BCUT2D eigenvalue weighted by Gasteiger charge is -2.31. The smallest absolute Gasteiger partial charge is 0.415 e. The first-order valence-corrected chi connectivity index (χ1v) is 15.6. The molecule has 0 bridgehead atoms. The zero-order valence-corrected chi connectivity index (χ0v) is 26.6. The van der Waals surface area contributed by atoms with Gasteiger partial charge in [0.05, 0.1) is 35.1 Å². The summed E-state index contributed by atoms with van der Waals surface area (Å²) in [6.07, 6.45) is 1.58. The highest BCUT2D eigenvalue weighted by molar-refractivity contribution is 5.94. The maximum Gasteiger partial charge on any atom is 0.415 e. The van der Waals surface area contributed by atoms with Gasteiger partial charge in [0.1, 0.15) is 18.2 Å². The lowest BCUT2D eigenvalue weighted by atomic mass is 9.81. The van der Waals surface area contributed by atoms with E-state index in [1.807, 2.05) is 0 Å². The lowest BCUT2D eigenvalue weighted by molar-refractivity contribution is -0.172. The Kier molecular flexibility index (Phi) is 7.51. The predicted octanol–water partition coefficient (Wildman–Crippen LogP) is 2.76. The molecule has 3 aliphatic rings. The maximum absolute atomic E-state index is 15.2. The number of fused-ring (bicyclic) bond motifs is 5. The SMILES string of the molecule is CC[C@@]1(O)C(=O)OCc2c1cc1n(c2=O)Cc2c-1nc1cc(F)c(C)c3c1c2[C@@H](NC(=O)COC(=O)N(C)c1ncccc1CN)CC3. The van der Waals surface area contributed by atoms with E-state index in [1.165, 1.54) is 28.8 Å².